The highest BCUT2D eigenvalue weighted by molar-refractivity contribution is 5.80. The summed E-state index contributed by atoms with van der Waals surface area (Å²) in [6.07, 6.45) is 2.71. The van der Waals surface area contributed by atoms with Gasteiger partial charge < -0.3 is 10.1 Å². The van der Waals surface area contributed by atoms with Crippen LogP contribution in [0, 0.1) is 12.8 Å². The summed E-state index contributed by atoms with van der Waals surface area (Å²) < 4.78 is 7.11. The minimum atomic E-state index is -0.168. The van der Waals surface area contributed by atoms with Crippen LogP contribution < -0.4 is 5.32 Å². The van der Waals surface area contributed by atoms with E-state index in [2.05, 4.69) is 52.9 Å². The number of fused-ring (bicyclic) bond motifs is 4. The molecule has 1 aliphatic heterocycles. The van der Waals surface area contributed by atoms with Crippen LogP contribution in [0.4, 0.5) is 0 Å². The number of hydrogen-bond acceptors (Lipinski definition) is 5. The SMILES string of the molecule is CCOC(=O)CC(c1ccc2c(c1)C1NCCC1C2)c1ccc2c(nnn2C)c1C. The lowest BCUT2D eigenvalue weighted by Gasteiger charge is -2.21. The molecule has 3 unspecified atom stereocenters. The van der Waals surface area contributed by atoms with Crippen molar-refractivity contribution in [2.45, 2.75) is 45.1 Å². The molecule has 1 fully saturated rings. The monoisotopic (exact) mass is 404 g/mol. The first kappa shape index (κ1) is 19.2. The first-order chi connectivity index (χ1) is 14.6. The highest BCUT2D eigenvalue weighted by atomic mass is 16.5. The van der Waals surface area contributed by atoms with Crippen LogP contribution in [-0.2, 0) is 23.0 Å². The van der Waals surface area contributed by atoms with E-state index < -0.39 is 0 Å². The van der Waals surface area contributed by atoms with Crippen molar-refractivity contribution in [3.63, 3.8) is 0 Å². The average Bonchev–Trinajstić information content (AvgIpc) is 3.42. The van der Waals surface area contributed by atoms with Gasteiger partial charge in [0.25, 0.3) is 0 Å². The van der Waals surface area contributed by atoms with Gasteiger partial charge in [0.05, 0.1) is 18.5 Å². The number of aryl methyl sites for hydroxylation is 2. The van der Waals surface area contributed by atoms with Gasteiger partial charge in [-0.15, -0.1) is 5.10 Å². The van der Waals surface area contributed by atoms with Crippen molar-refractivity contribution < 1.29 is 9.53 Å². The van der Waals surface area contributed by atoms with Gasteiger partial charge in [0.1, 0.15) is 5.52 Å². The average molecular weight is 405 g/mol. The van der Waals surface area contributed by atoms with Crippen LogP contribution >= 0.6 is 0 Å². The van der Waals surface area contributed by atoms with Gasteiger partial charge in [-0.1, -0.05) is 29.5 Å². The van der Waals surface area contributed by atoms with Crippen molar-refractivity contribution >= 4 is 17.0 Å². The van der Waals surface area contributed by atoms with Crippen LogP contribution in [0.2, 0.25) is 0 Å². The van der Waals surface area contributed by atoms with E-state index in [1.54, 1.807) is 4.68 Å². The number of ether oxygens (including phenoxy) is 1. The molecule has 30 heavy (non-hydrogen) atoms. The van der Waals surface area contributed by atoms with E-state index in [1.165, 1.54) is 23.1 Å². The zero-order chi connectivity index (χ0) is 20.8. The van der Waals surface area contributed by atoms with Crippen molar-refractivity contribution in [2.24, 2.45) is 13.0 Å². The Hall–Kier alpha value is -2.73. The molecule has 6 heteroatoms. The Balaban J connectivity index is 1.59. The Bertz CT molecular complexity index is 1120. The van der Waals surface area contributed by atoms with E-state index in [9.17, 15) is 4.79 Å². The summed E-state index contributed by atoms with van der Waals surface area (Å²) in [5.41, 5.74) is 8.10. The standard InChI is InChI=1S/C24H28N4O2/c1-4-30-22(29)13-19(18-7-8-21-23(14(18)2)26-27-28(21)3)16-6-5-15-11-17-9-10-25-24(17)20(15)12-16/h5-8,12,17,19,24-25H,4,9-11,13H2,1-3H3. The van der Waals surface area contributed by atoms with Crippen LogP contribution in [0.1, 0.15) is 59.5 Å². The molecule has 1 N–H and O–H groups in total. The molecular weight excluding hydrogens is 376 g/mol. The summed E-state index contributed by atoms with van der Waals surface area (Å²) in [5.74, 6) is 0.469. The zero-order valence-electron chi connectivity index (χ0n) is 17.8. The van der Waals surface area contributed by atoms with Crippen LogP contribution in [0.5, 0.6) is 0 Å². The van der Waals surface area contributed by atoms with E-state index in [4.69, 9.17) is 4.74 Å². The van der Waals surface area contributed by atoms with Gasteiger partial charge in [-0.05, 0) is 73.0 Å². The number of rotatable bonds is 5. The van der Waals surface area contributed by atoms with Gasteiger partial charge in [0, 0.05) is 19.0 Å². The number of aromatic nitrogens is 3. The Morgan fingerprint density at radius 2 is 2.20 bits per heavy atom. The number of esters is 1. The second-order valence-corrected chi connectivity index (χ2v) is 8.57. The fourth-order valence-corrected chi connectivity index (χ4v) is 5.35. The molecule has 156 valence electrons. The van der Waals surface area contributed by atoms with Crippen molar-refractivity contribution in [3.8, 4) is 0 Å². The molecule has 1 saturated heterocycles. The molecule has 0 saturated carbocycles. The third-order valence-corrected chi connectivity index (χ3v) is 6.87. The van der Waals surface area contributed by atoms with Gasteiger partial charge in [-0.2, -0.15) is 0 Å². The predicted molar refractivity (Wildman–Crippen MR) is 115 cm³/mol. The molecule has 0 radical (unpaired) electrons. The minimum Gasteiger partial charge on any atom is -0.466 e. The summed E-state index contributed by atoms with van der Waals surface area (Å²) in [4.78, 5) is 12.5. The molecule has 2 aromatic carbocycles. The highest BCUT2D eigenvalue weighted by Gasteiger charge is 2.36. The Morgan fingerprint density at radius 3 is 3.03 bits per heavy atom. The van der Waals surface area contributed by atoms with E-state index in [-0.39, 0.29) is 11.9 Å². The number of hydrogen-bond donors (Lipinski definition) is 1. The van der Waals surface area contributed by atoms with Gasteiger partial charge in [0.15, 0.2) is 0 Å². The lowest BCUT2D eigenvalue weighted by Crippen LogP contribution is -2.16. The van der Waals surface area contributed by atoms with E-state index >= 15 is 0 Å². The lowest BCUT2D eigenvalue weighted by atomic mass is 9.84. The number of carbonyl (C=O) groups is 1. The van der Waals surface area contributed by atoms with Crippen LogP contribution in [0.25, 0.3) is 11.0 Å². The van der Waals surface area contributed by atoms with Gasteiger partial charge in [0.2, 0.25) is 0 Å². The van der Waals surface area contributed by atoms with Crippen LogP contribution in [0.3, 0.4) is 0 Å². The van der Waals surface area contributed by atoms with Gasteiger partial charge >= 0.3 is 5.97 Å². The first-order valence-corrected chi connectivity index (χ1v) is 10.9. The molecular formula is C24H28N4O2. The quantitative estimate of drug-likeness (QED) is 0.659. The largest absolute Gasteiger partial charge is 0.466 e. The molecule has 3 atom stereocenters. The third-order valence-electron chi connectivity index (χ3n) is 6.87. The maximum atomic E-state index is 12.5. The summed E-state index contributed by atoms with van der Waals surface area (Å²) in [6.45, 7) is 5.41. The highest BCUT2D eigenvalue weighted by Crippen LogP contribution is 2.43. The van der Waals surface area contributed by atoms with Crippen LogP contribution in [-0.4, -0.2) is 34.1 Å². The minimum absolute atomic E-state index is 0.0683. The van der Waals surface area contributed by atoms with Gasteiger partial charge in [-0.3, -0.25) is 4.79 Å². The molecule has 0 amide bonds. The molecule has 6 nitrogen and oxygen atoms in total. The van der Waals surface area contributed by atoms with Crippen molar-refractivity contribution in [3.05, 3.63) is 58.1 Å². The smallest absolute Gasteiger partial charge is 0.306 e. The van der Waals surface area contributed by atoms with Crippen molar-refractivity contribution in [2.75, 3.05) is 13.2 Å². The third kappa shape index (κ3) is 3.10. The number of nitrogens with one attached hydrogen (secondary N) is 1. The number of carbonyl (C=O) groups excluding carboxylic acids is 1. The number of nitrogens with zero attached hydrogens (tertiary/aromatic N) is 3. The number of benzene rings is 2. The Kier molecular flexibility index (Phi) is 4.82. The van der Waals surface area contributed by atoms with E-state index in [1.807, 2.05) is 14.0 Å². The predicted octanol–water partition coefficient (Wildman–Crippen LogP) is 3.57. The molecule has 5 rings (SSSR count). The van der Waals surface area contributed by atoms with Gasteiger partial charge in [-0.25, -0.2) is 4.68 Å². The summed E-state index contributed by atoms with van der Waals surface area (Å²) in [7, 11) is 1.90. The Labute approximate surface area is 176 Å². The fourth-order valence-electron chi connectivity index (χ4n) is 5.35. The normalized spacial score (nSPS) is 20.9. The second-order valence-electron chi connectivity index (χ2n) is 8.57. The summed E-state index contributed by atoms with van der Waals surface area (Å²) >= 11 is 0. The molecule has 0 bridgehead atoms. The summed E-state index contributed by atoms with van der Waals surface area (Å²) in [5, 5.41) is 12.2. The zero-order valence-corrected chi connectivity index (χ0v) is 17.8. The molecule has 0 spiro atoms. The molecule has 2 aliphatic rings. The molecule has 3 aromatic rings. The molecule has 1 aliphatic carbocycles. The molecule has 2 heterocycles. The topological polar surface area (TPSA) is 69.0 Å². The fraction of sp³-hybridized carbons (Fsp3) is 0.458. The van der Waals surface area contributed by atoms with E-state index in [0.717, 1.165) is 35.1 Å². The maximum Gasteiger partial charge on any atom is 0.306 e. The summed E-state index contributed by atoms with van der Waals surface area (Å²) in [6, 6.07) is 11.4. The second kappa shape index (κ2) is 7.51. The van der Waals surface area contributed by atoms with Crippen molar-refractivity contribution in [1.29, 1.82) is 0 Å². The van der Waals surface area contributed by atoms with Crippen molar-refractivity contribution in [1.82, 2.24) is 20.3 Å². The maximum absolute atomic E-state index is 12.5. The lowest BCUT2D eigenvalue weighted by molar-refractivity contribution is -0.143. The van der Waals surface area contributed by atoms with Crippen LogP contribution in [0.15, 0.2) is 30.3 Å². The Morgan fingerprint density at radius 1 is 1.33 bits per heavy atom. The van der Waals surface area contributed by atoms with E-state index in [0.29, 0.717) is 25.0 Å². The molecule has 1 aromatic heterocycles. The first-order valence-electron chi connectivity index (χ1n) is 10.9.